The smallest absolute Gasteiger partial charge is 0.456 e. The third-order valence-corrected chi connectivity index (χ3v) is 14.3. The third kappa shape index (κ3) is 60.3. The first-order chi connectivity index (χ1) is 39.4. The fourth-order valence-electron chi connectivity index (χ4n) is 8.38. The van der Waals surface area contributed by atoms with Gasteiger partial charge in [-0.15, -0.1) is 0 Å². The Morgan fingerprint density at radius 3 is 1.20 bits per heavy atom. The van der Waals surface area contributed by atoms with Gasteiger partial charge in [-0.3, -0.25) is 18.6 Å². The average molecular weight is 1140 g/mol. The predicted molar refractivity (Wildman–Crippen MR) is 350 cm³/mol. The molecule has 9 nitrogen and oxygen atoms in total. The molecule has 0 saturated carbocycles. The van der Waals surface area contributed by atoms with Crippen LogP contribution in [0.2, 0.25) is 0 Å². The molecule has 0 aromatic rings. The maximum atomic E-state index is 13.5. The number of esters is 1. The van der Waals surface area contributed by atoms with Crippen molar-refractivity contribution in [2.75, 3.05) is 40.9 Å². The van der Waals surface area contributed by atoms with Crippen molar-refractivity contribution >= 4 is 19.7 Å². The Morgan fingerprint density at radius 2 is 0.790 bits per heavy atom. The quantitative estimate of drug-likeness (QED) is 0.0205. The Hall–Kier alpha value is -4.11. The lowest BCUT2D eigenvalue weighted by molar-refractivity contribution is -0.870. The number of nitrogens with one attached hydrogen (secondary N) is 1. The summed E-state index contributed by atoms with van der Waals surface area (Å²) in [5, 5.41) is 3.02. The summed E-state index contributed by atoms with van der Waals surface area (Å²) in [4.78, 5) is 37.7. The largest absolute Gasteiger partial charge is 0.472 e. The van der Waals surface area contributed by atoms with Gasteiger partial charge in [0.1, 0.15) is 19.3 Å². The molecular weight excluding hydrogens is 1020 g/mol. The number of carbonyl (C=O) groups excluding carboxylic acids is 2. The molecule has 0 heterocycles. The van der Waals surface area contributed by atoms with Crippen molar-refractivity contribution in [3.05, 3.63) is 146 Å². The summed E-state index contributed by atoms with van der Waals surface area (Å²) in [6.07, 6.45) is 85.7. The zero-order chi connectivity index (χ0) is 59.3. The molecule has 1 amide bonds. The highest BCUT2D eigenvalue weighted by Gasteiger charge is 2.30. The van der Waals surface area contributed by atoms with Gasteiger partial charge >= 0.3 is 13.8 Å². The number of unbranched alkanes of at least 4 members (excludes halogenated alkanes) is 18. The SMILES string of the molecule is CC/C=C\C/C=C\C/C=C\C/C=C\C/C=C\C/C=C\CCCCC(=O)NC(COP(=O)(O)OCC[N+](C)(C)C)C(/C=C/CCCCCCCCCCC)OC(=O)CCCCCCCCC/C=C\C/C=C\C/C=C\C/C=C\C/C=C\CC. The van der Waals surface area contributed by atoms with Crippen molar-refractivity contribution in [1.29, 1.82) is 0 Å². The number of amides is 1. The predicted octanol–water partition coefficient (Wildman–Crippen LogP) is 20.2. The van der Waals surface area contributed by atoms with Crippen LogP contribution in [0.5, 0.6) is 0 Å². The minimum absolute atomic E-state index is 0.0211. The van der Waals surface area contributed by atoms with Crippen LogP contribution in [0.25, 0.3) is 0 Å². The summed E-state index contributed by atoms with van der Waals surface area (Å²) in [6.45, 7) is 6.72. The van der Waals surface area contributed by atoms with E-state index in [1.807, 2.05) is 33.3 Å². The van der Waals surface area contributed by atoms with Crippen LogP contribution in [0.3, 0.4) is 0 Å². The van der Waals surface area contributed by atoms with E-state index in [0.29, 0.717) is 23.9 Å². The minimum Gasteiger partial charge on any atom is -0.456 e. The van der Waals surface area contributed by atoms with Gasteiger partial charge in [0.25, 0.3) is 0 Å². The number of rotatable bonds is 56. The second-order valence-corrected chi connectivity index (χ2v) is 23.6. The molecule has 460 valence electrons. The maximum absolute atomic E-state index is 13.5. The van der Waals surface area contributed by atoms with Gasteiger partial charge in [-0.1, -0.05) is 244 Å². The third-order valence-electron chi connectivity index (χ3n) is 13.3. The van der Waals surface area contributed by atoms with E-state index >= 15 is 0 Å². The second kappa shape index (κ2) is 59.1. The van der Waals surface area contributed by atoms with Crippen molar-refractivity contribution in [3.63, 3.8) is 0 Å². The van der Waals surface area contributed by atoms with Crippen LogP contribution in [-0.2, 0) is 27.9 Å². The fourth-order valence-corrected chi connectivity index (χ4v) is 9.12. The van der Waals surface area contributed by atoms with Crippen LogP contribution in [0.4, 0.5) is 0 Å². The van der Waals surface area contributed by atoms with E-state index in [1.54, 1.807) is 0 Å². The van der Waals surface area contributed by atoms with Crippen LogP contribution in [0.15, 0.2) is 146 Å². The van der Waals surface area contributed by atoms with E-state index in [1.165, 1.54) is 64.2 Å². The highest BCUT2D eigenvalue weighted by atomic mass is 31.2. The number of nitrogens with zero attached hydrogens (tertiary/aromatic N) is 1. The Kier molecular flexibility index (Phi) is 56.1. The summed E-state index contributed by atoms with van der Waals surface area (Å²) in [5.74, 6) is -0.580. The van der Waals surface area contributed by atoms with Crippen LogP contribution >= 0.6 is 7.82 Å². The van der Waals surface area contributed by atoms with Crippen molar-refractivity contribution in [2.24, 2.45) is 0 Å². The van der Waals surface area contributed by atoms with Crippen molar-refractivity contribution in [3.8, 4) is 0 Å². The van der Waals surface area contributed by atoms with Crippen molar-refractivity contribution in [2.45, 2.75) is 251 Å². The normalized spacial score (nSPS) is 14.6. The molecule has 0 spiro atoms. The molecular formula is C71H120N2O7P+. The molecule has 3 unspecified atom stereocenters. The zero-order valence-electron chi connectivity index (χ0n) is 52.5. The van der Waals surface area contributed by atoms with Crippen LogP contribution in [0, 0.1) is 0 Å². The summed E-state index contributed by atoms with van der Waals surface area (Å²) in [7, 11) is 1.44. The number of quaternary nitrogens is 1. The van der Waals surface area contributed by atoms with Gasteiger partial charge in [-0.25, -0.2) is 4.57 Å². The lowest BCUT2D eigenvalue weighted by Crippen LogP contribution is -2.47. The number of allylic oxidation sites excluding steroid dienone is 23. The number of phosphoric ester groups is 1. The standard InChI is InChI=1S/C71H119N2O7P/c1-7-10-13-16-19-22-25-27-29-31-33-35-36-38-40-42-44-46-49-52-55-58-61-64-71(75)80-69(62-59-56-53-50-47-24-21-18-15-12-9-3)68(67-79-81(76,77)78-66-65-73(4,5)6)72-70(74)63-60-57-54-51-48-45-43-41-39-37-34-32-30-28-26-23-20-17-14-11-8-2/h10-11,13-14,19-20,22-23,27-30,33-35,37-38,40-41,43,48,51,59,62,68-69H,7-9,12,15-18,21,24-26,31-32,36,39,42,44-47,49-50,52-58,60-61,63-67H2,1-6H3,(H-,72,74,76,77)/p+1/b13-10-,14-11-,22-19-,23-20-,29-27-,30-28-,35-33-,37-34-,40-38-,43-41-,51-48-,62-59+. The van der Waals surface area contributed by atoms with Gasteiger partial charge in [0.15, 0.2) is 0 Å². The van der Waals surface area contributed by atoms with Crippen LogP contribution in [-0.4, -0.2) is 74.3 Å². The molecule has 0 saturated heterocycles. The van der Waals surface area contributed by atoms with E-state index in [-0.39, 0.29) is 37.9 Å². The molecule has 0 aliphatic rings. The zero-order valence-corrected chi connectivity index (χ0v) is 53.4. The van der Waals surface area contributed by atoms with Crippen molar-refractivity contribution < 1.29 is 37.3 Å². The van der Waals surface area contributed by atoms with E-state index < -0.39 is 20.0 Å². The monoisotopic (exact) mass is 1140 g/mol. The van der Waals surface area contributed by atoms with Gasteiger partial charge in [0, 0.05) is 12.8 Å². The van der Waals surface area contributed by atoms with Gasteiger partial charge in [-0.2, -0.15) is 0 Å². The molecule has 0 aromatic heterocycles. The Morgan fingerprint density at radius 1 is 0.444 bits per heavy atom. The number of ether oxygens (including phenoxy) is 1. The summed E-state index contributed by atoms with van der Waals surface area (Å²) >= 11 is 0. The highest BCUT2D eigenvalue weighted by Crippen LogP contribution is 2.43. The molecule has 0 bridgehead atoms. The molecule has 0 aromatic carbocycles. The minimum atomic E-state index is -4.48. The molecule has 81 heavy (non-hydrogen) atoms. The summed E-state index contributed by atoms with van der Waals surface area (Å²) in [5.41, 5.74) is 0. The fraction of sp³-hybridized carbons (Fsp3) is 0.634. The number of carbonyl (C=O) groups is 2. The van der Waals surface area contributed by atoms with E-state index in [4.69, 9.17) is 13.8 Å². The van der Waals surface area contributed by atoms with Crippen molar-refractivity contribution in [1.82, 2.24) is 5.32 Å². The number of hydrogen-bond acceptors (Lipinski definition) is 6. The van der Waals surface area contributed by atoms with E-state index in [0.717, 1.165) is 128 Å². The topological polar surface area (TPSA) is 111 Å². The highest BCUT2D eigenvalue weighted by molar-refractivity contribution is 7.47. The Balaban J connectivity index is 5.28. The van der Waals surface area contributed by atoms with Gasteiger partial charge < -0.3 is 19.4 Å². The number of hydrogen-bond donors (Lipinski definition) is 2. The van der Waals surface area contributed by atoms with E-state index in [2.05, 4.69) is 160 Å². The molecule has 10 heteroatoms. The second-order valence-electron chi connectivity index (χ2n) is 22.2. The number of likely N-dealkylation sites (N-methyl/N-ethyl adjacent to an activating group) is 1. The Bertz CT molecular complexity index is 1890. The van der Waals surface area contributed by atoms with Gasteiger partial charge in [0.2, 0.25) is 5.91 Å². The first kappa shape index (κ1) is 76.9. The average Bonchev–Trinajstić information content (AvgIpc) is 3.44. The molecule has 0 fully saturated rings. The number of phosphoric acid groups is 1. The van der Waals surface area contributed by atoms with Gasteiger partial charge in [-0.05, 0) is 128 Å². The van der Waals surface area contributed by atoms with E-state index in [9.17, 15) is 19.0 Å². The molecule has 3 atom stereocenters. The maximum Gasteiger partial charge on any atom is 0.472 e. The lowest BCUT2D eigenvalue weighted by Gasteiger charge is -2.27. The molecule has 0 aliphatic heterocycles. The van der Waals surface area contributed by atoms with Crippen LogP contribution < -0.4 is 5.32 Å². The molecule has 0 aliphatic carbocycles. The first-order valence-electron chi connectivity index (χ1n) is 32.2. The summed E-state index contributed by atoms with van der Waals surface area (Å²) < 4.78 is 30.7. The Labute approximate surface area is 498 Å². The first-order valence-corrected chi connectivity index (χ1v) is 33.7. The summed E-state index contributed by atoms with van der Waals surface area (Å²) in [6, 6.07) is -0.888. The lowest BCUT2D eigenvalue weighted by atomic mass is 10.1. The van der Waals surface area contributed by atoms with Crippen LogP contribution in [0.1, 0.15) is 239 Å². The molecule has 0 radical (unpaired) electrons. The molecule has 0 rings (SSSR count). The molecule has 2 N–H and O–H groups in total. The van der Waals surface area contributed by atoms with Gasteiger partial charge in [0.05, 0.1) is 33.8 Å².